The number of rotatable bonds is 5. The topological polar surface area (TPSA) is 63.6 Å². The lowest BCUT2D eigenvalue weighted by Gasteiger charge is -2.01. The average Bonchev–Trinajstić information content (AvgIpc) is 2.97. The van der Waals surface area contributed by atoms with E-state index in [2.05, 4.69) is 0 Å². The highest BCUT2D eigenvalue weighted by Crippen LogP contribution is 2.58. The van der Waals surface area contributed by atoms with Crippen LogP contribution >= 0.6 is 12.4 Å². The number of ether oxygens (including phenoxy) is 1. The summed E-state index contributed by atoms with van der Waals surface area (Å²) in [5.41, 5.74) is 0.631. The van der Waals surface area contributed by atoms with E-state index in [1.165, 1.54) is 6.08 Å². The molecule has 2 rings (SSSR count). The molecule has 2 atom stereocenters. The molecular formula is C16H19ClO4. The standard InChI is InChI=1S/C16H18O4.ClH/c1-16(2)12(14(16)15(18)19)8-9-13(17)20-10-11-6-4-3-5-7-11;/h3-9,12,14H,10H2,1-2H3,(H,18,19);1H. The zero-order valence-corrected chi connectivity index (χ0v) is 12.8. The van der Waals surface area contributed by atoms with Gasteiger partial charge >= 0.3 is 11.9 Å². The Morgan fingerprint density at radius 1 is 1.29 bits per heavy atom. The van der Waals surface area contributed by atoms with Crippen molar-refractivity contribution in [1.29, 1.82) is 0 Å². The van der Waals surface area contributed by atoms with E-state index in [-0.39, 0.29) is 30.3 Å². The Hall–Kier alpha value is -1.81. The summed E-state index contributed by atoms with van der Waals surface area (Å²) in [7, 11) is 0. The third-order valence-electron chi connectivity index (χ3n) is 3.84. The van der Waals surface area contributed by atoms with Crippen molar-refractivity contribution < 1.29 is 19.4 Å². The molecule has 1 N–H and O–H groups in total. The smallest absolute Gasteiger partial charge is 0.330 e. The van der Waals surface area contributed by atoms with Gasteiger partial charge in [-0.15, -0.1) is 12.4 Å². The fourth-order valence-electron chi connectivity index (χ4n) is 2.47. The first-order valence-corrected chi connectivity index (χ1v) is 6.54. The molecule has 1 saturated carbocycles. The molecule has 0 aliphatic heterocycles. The Bertz CT molecular complexity index is 536. The van der Waals surface area contributed by atoms with Gasteiger partial charge in [0.25, 0.3) is 0 Å². The number of esters is 1. The molecule has 0 spiro atoms. The fraction of sp³-hybridized carbons (Fsp3) is 0.375. The van der Waals surface area contributed by atoms with Crippen molar-refractivity contribution in [3.63, 3.8) is 0 Å². The van der Waals surface area contributed by atoms with Crippen LogP contribution in [0.5, 0.6) is 0 Å². The number of hydrogen-bond donors (Lipinski definition) is 1. The van der Waals surface area contributed by atoms with Gasteiger partial charge in [-0.05, 0) is 16.9 Å². The molecule has 1 aliphatic carbocycles. The van der Waals surface area contributed by atoms with Crippen LogP contribution in [-0.2, 0) is 20.9 Å². The van der Waals surface area contributed by atoms with Crippen LogP contribution in [0.3, 0.4) is 0 Å². The van der Waals surface area contributed by atoms with Crippen LogP contribution in [0.25, 0.3) is 0 Å². The van der Waals surface area contributed by atoms with E-state index >= 15 is 0 Å². The van der Waals surface area contributed by atoms with Gasteiger partial charge < -0.3 is 9.84 Å². The van der Waals surface area contributed by atoms with Gasteiger partial charge in [0.1, 0.15) is 6.61 Å². The summed E-state index contributed by atoms with van der Waals surface area (Å²) >= 11 is 0. The summed E-state index contributed by atoms with van der Waals surface area (Å²) in [5, 5.41) is 9.03. The molecule has 0 radical (unpaired) electrons. The van der Waals surface area contributed by atoms with Crippen LogP contribution < -0.4 is 0 Å². The molecule has 4 nitrogen and oxygen atoms in total. The summed E-state index contributed by atoms with van der Waals surface area (Å²) in [4.78, 5) is 22.6. The van der Waals surface area contributed by atoms with Gasteiger partial charge in [0.2, 0.25) is 0 Å². The number of halogens is 1. The maximum Gasteiger partial charge on any atom is 0.330 e. The SMILES string of the molecule is CC1(C)C(C=CC(=O)OCc2ccccc2)C1C(=O)O.Cl. The first-order valence-electron chi connectivity index (χ1n) is 6.54. The summed E-state index contributed by atoms with van der Waals surface area (Å²) in [5.74, 6) is -1.78. The molecule has 5 heteroatoms. The molecular weight excluding hydrogens is 292 g/mol. The highest BCUT2D eigenvalue weighted by atomic mass is 35.5. The number of carboxylic acids is 1. The molecule has 0 amide bonds. The summed E-state index contributed by atoms with van der Waals surface area (Å²) in [6.45, 7) is 3.99. The predicted molar refractivity (Wildman–Crippen MR) is 81.0 cm³/mol. The van der Waals surface area contributed by atoms with Crippen LogP contribution in [0.4, 0.5) is 0 Å². The minimum Gasteiger partial charge on any atom is -0.481 e. The molecule has 1 aromatic carbocycles. The maximum atomic E-state index is 11.6. The van der Waals surface area contributed by atoms with Gasteiger partial charge in [0.15, 0.2) is 0 Å². The van der Waals surface area contributed by atoms with Crippen molar-refractivity contribution in [2.24, 2.45) is 17.3 Å². The predicted octanol–water partition coefficient (Wildman–Crippen LogP) is 3.06. The van der Waals surface area contributed by atoms with Gasteiger partial charge in [-0.25, -0.2) is 4.79 Å². The normalized spacial score (nSPS) is 22.4. The highest BCUT2D eigenvalue weighted by molar-refractivity contribution is 5.85. The number of allylic oxidation sites excluding steroid dienone is 1. The molecule has 0 bridgehead atoms. The van der Waals surface area contributed by atoms with E-state index in [4.69, 9.17) is 9.84 Å². The number of carboxylic acid groups (broad SMARTS) is 1. The number of carbonyl (C=O) groups excluding carboxylic acids is 1. The molecule has 1 aromatic rings. The first-order chi connectivity index (χ1) is 9.43. The third-order valence-corrected chi connectivity index (χ3v) is 3.84. The van der Waals surface area contributed by atoms with Crippen molar-refractivity contribution >= 4 is 24.3 Å². The van der Waals surface area contributed by atoms with Gasteiger partial charge in [0, 0.05) is 6.08 Å². The number of carbonyl (C=O) groups is 2. The molecule has 1 fully saturated rings. The molecule has 21 heavy (non-hydrogen) atoms. The van der Waals surface area contributed by atoms with E-state index < -0.39 is 17.9 Å². The van der Waals surface area contributed by atoms with Crippen molar-refractivity contribution in [1.82, 2.24) is 0 Å². The lowest BCUT2D eigenvalue weighted by Crippen LogP contribution is -2.03. The van der Waals surface area contributed by atoms with Crippen LogP contribution in [0, 0.1) is 17.3 Å². The number of hydrogen-bond acceptors (Lipinski definition) is 3. The van der Waals surface area contributed by atoms with Crippen molar-refractivity contribution in [3.05, 3.63) is 48.0 Å². The first kappa shape index (κ1) is 17.2. The van der Waals surface area contributed by atoms with Crippen molar-refractivity contribution in [2.75, 3.05) is 0 Å². The second kappa shape index (κ2) is 6.76. The van der Waals surface area contributed by atoms with E-state index in [0.717, 1.165) is 5.56 Å². The summed E-state index contributed by atoms with van der Waals surface area (Å²) in [6.07, 6.45) is 2.98. The molecule has 1 aliphatic rings. The highest BCUT2D eigenvalue weighted by Gasteiger charge is 2.60. The lowest BCUT2D eigenvalue weighted by atomic mass is 10.1. The maximum absolute atomic E-state index is 11.6. The zero-order valence-electron chi connectivity index (χ0n) is 12.0. The van der Waals surface area contributed by atoms with Crippen LogP contribution in [0.15, 0.2) is 42.5 Å². The monoisotopic (exact) mass is 310 g/mol. The van der Waals surface area contributed by atoms with Gasteiger partial charge in [-0.1, -0.05) is 50.3 Å². The van der Waals surface area contributed by atoms with Crippen LogP contribution in [-0.4, -0.2) is 17.0 Å². The van der Waals surface area contributed by atoms with Crippen LogP contribution in [0.1, 0.15) is 19.4 Å². The Morgan fingerprint density at radius 3 is 2.43 bits per heavy atom. The van der Waals surface area contributed by atoms with Crippen molar-refractivity contribution in [2.45, 2.75) is 20.5 Å². The minimum atomic E-state index is -0.817. The van der Waals surface area contributed by atoms with Gasteiger partial charge in [0.05, 0.1) is 5.92 Å². The van der Waals surface area contributed by atoms with E-state index in [0.29, 0.717) is 0 Å². The largest absolute Gasteiger partial charge is 0.481 e. The Labute approximate surface area is 130 Å². The fourth-order valence-corrected chi connectivity index (χ4v) is 2.47. The Morgan fingerprint density at radius 2 is 1.90 bits per heavy atom. The van der Waals surface area contributed by atoms with E-state index in [1.54, 1.807) is 6.08 Å². The zero-order chi connectivity index (χ0) is 14.8. The minimum absolute atomic E-state index is 0. The number of aliphatic carboxylic acids is 1. The van der Waals surface area contributed by atoms with Gasteiger partial charge in [-0.3, -0.25) is 4.79 Å². The van der Waals surface area contributed by atoms with Crippen molar-refractivity contribution in [3.8, 4) is 0 Å². The van der Waals surface area contributed by atoms with Gasteiger partial charge in [-0.2, -0.15) is 0 Å². The summed E-state index contributed by atoms with van der Waals surface area (Å²) in [6, 6.07) is 9.40. The molecule has 114 valence electrons. The van der Waals surface area contributed by atoms with Crippen LogP contribution in [0.2, 0.25) is 0 Å². The van der Waals surface area contributed by atoms with E-state index in [1.807, 2.05) is 44.2 Å². The molecule has 2 unspecified atom stereocenters. The Kier molecular flexibility index (Phi) is 5.55. The quantitative estimate of drug-likeness (QED) is 0.670. The molecule has 0 aromatic heterocycles. The second-order valence-corrected chi connectivity index (χ2v) is 5.62. The molecule has 0 saturated heterocycles. The van der Waals surface area contributed by atoms with E-state index in [9.17, 15) is 9.59 Å². The Balaban J connectivity index is 0.00000220. The second-order valence-electron chi connectivity index (χ2n) is 5.62. The average molecular weight is 311 g/mol. The number of benzene rings is 1. The lowest BCUT2D eigenvalue weighted by molar-refractivity contribution is -0.140. The molecule has 0 heterocycles. The summed E-state index contributed by atoms with van der Waals surface area (Å²) < 4.78 is 5.10. The third kappa shape index (κ3) is 4.08.